The van der Waals surface area contributed by atoms with Crippen molar-refractivity contribution >= 4 is 0 Å². The molecule has 2 nitrogen and oxygen atoms in total. The van der Waals surface area contributed by atoms with Crippen LogP contribution in [0.25, 0.3) is 0 Å². The lowest BCUT2D eigenvalue weighted by atomic mass is 10.1. The molecule has 2 heterocycles. The number of aryl methyl sites for hydroxylation is 4. The predicted octanol–water partition coefficient (Wildman–Crippen LogP) is 5.29. The summed E-state index contributed by atoms with van der Waals surface area (Å²) < 4.78 is 11.5. The average molecular weight is 278 g/mol. The molecule has 2 rings (SSSR count). The number of aromatic nitrogens is 2. The van der Waals surface area contributed by atoms with Crippen molar-refractivity contribution < 1.29 is 2.74 Å². The second-order valence-corrected chi connectivity index (χ2v) is 4.74. The molecule has 0 aliphatic rings. The molecular formula is C18H30N2. The highest BCUT2D eigenvalue weighted by molar-refractivity contribution is 5.27. The topological polar surface area (TPSA) is 25.8 Å². The molecule has 0 atom stereocenters. The van der Waals surface area contributed by atoms with Gasteiger partial charge in [-0.15, -0.1) is 0 Å². The van der Waals surface area contributed by atoms with Gasteiger partial charge in [-0.1, -0.05) is 14.8 Å². The second-order valence-electron chi connectivity index (χ2n) is 4.74. The first-order valence-electron chi connectivity index (χ1n) is 8.20. The van der Waals surface area contributed by atoms with E-state index in [1.54, 1.807) is 0 Å². The van der Waals surface area contributed by atoms with E-state index < -0.39 is 0 Å². The van der Waals surface area contributed by atoms with Crippen LogP contribution in [0.2, 0.25) is 0 Å². The van der Waals surface area contributed by atoms with E-state index >= 15 is 0 Å². The summed E-state index contributed by atoms with van der Waals surface area (Å²) in [5, 5.41) is 0. The van der Waals surface area contributed by atoms with Crippen molar-refractivity contribution in [2.75, 3.05) is 0 Å². The Morgan fingerprint density at radius 3 is 1.65 bits per heavy atom. The Hall–Kier alpha value is -1.70. The van der Waals surface area contributed by atoms with E-state index in [1.807, 2.05) is 31.6 Å². The number of pyridine rings is 2. The van der Waals surface area contributed by atoms with Gasteiger partial charge in [0.05, 0.1) is 0 Å². The molecule has 0 fully saturated rings. The van der Waals surface area contributed by atoms with E-state index in [4.69, 9.17) is 2.74 Å². The molecule has 0 aliphatic carbocycles. The highest BCUT2D eigenvalue weighted by atomic mass is 14.7. The zero-order valence-corrected chi connectivity index (χ0v) is 14.2. The summed E-state index contributed by atoms with van der Waals surface area (Å²) in [6.45, 7) is 12.5. The van der Waals surface area contributed by atoms with Gasteiger partial charge in [-0.05, 0) is 75.4 Å². The molecule has 0 amide bonds. The Labute approximate surface area is 128 Å². The zero-order valence-electron chi connectivity index (χ0n) is 16.2. The van der Waals surface area contributed by atoms with Crippen LogP contribution in [-0.2, 0) is 0 Å². The van der Waals surface area contributed by atoms with E-state index in [9.17, 15) is 0 Å². The lowest BCUT2D eigenvalue weighted by Crippen LogP contribution is -1.87. The minimum atomic E-state index is 1.13. The Kier molecular flexibility index (Phi) is 7.56. The minimum Gasteiger partial charge on any atom is -0.264 e. The van der Waals surface area contributed by atoms with Crippen molar-refractivity contribution in [3.05, 3.63) is 58.2 Å². The van der Waals surface area contributed by atoms with Gasteiger partial charge in [0.2, 0.25) is 0 Å². The van der Waals surface area contributed by atoms with Crippen LogP contribution in [0.4, 0.5) is 0 Å². The van der Waals surface area contributed by atoms with E-state index in [0.29, 0.717) is 0 Å². The van der Waals surface area contributed by atoms with Crippen LogP contribution in [0.5, 0.6) is 0 Å². The molecule has 0 aliphatic heterocycles. The number of hydrogen-bond acceptors (Lipinski definition) is 2. The van der Waals surface area contributed by atoms with Crippen LogP contribution >= 0.6 is 0 Å². The maximum atomic E-state index is 5.75. The van der Waals surface area contributed by atoms with Gasteiger partial charge in [-0.25, -0.2) is 0 Å². The van der Waals surface area contributed by atoms with Gasteiger partial charge >= 0.3 is 0 Å². The summed E-state index contributed by atoms with van der Waals surface area (Å²) >= 11 is 0. The van der Waals surface area contributed by atoms with Crippen LogP contribution in [0.1, 0.15) is 51.1 Å². The minimum absolute atomic E-state index is 1.13. The fourth-order valence-corrected chi connectivity index (χ4v) is 1.53. The maximum Gasteiger partial charge on any atom is 0.0404 e. The molecule has 0 saturated carbocycles. The van der Waals surface area contributed by atoms with Gasteiger partial charge in [-0.3, -0.25) is 9.97 Å². The fourth-order valence-electron chi connectivity index (χ4n) is 1.53. The van der Waals surface area contributed by atoms with Crippen molar-refractivity contribution in [2.24, 2.45) is 0 Å². The second kappa shape index (κ2) is 9.24. The van der Waals surface area contributed by atoms with Crippen LogP contribution in [0.3, 0.4) is 0 Å². The van der Waals surface area contributed by atoms with Crippen molar-refractivity contribution in [1.82, 2.24) is 9.97 Å². The van der Waals surface area contributed by atoms with Gasteiger partial charge in [0.15, 0.2) is 0 Å². The predicted molar refractivity (Wildman–Crippen MR) is 90.4 cm³/mol. The van der Waals surface area contributed by atoms with E-state index in [-0.39, 0.29) is 0 Å². The summed E-state index contributed by atoms with van der Waals surface area (Å²) in [4.78, 5) is 8.18. The summed E-state index contributed by atoms with van der Waals surface area (Å²) in [5.74, 6) is 0. The molecule has 0 bridgehead atoms. The third-order valence-corrected chi connectivity index (χ3v) is 3.45. The smallest absolute Gasteiger partial charge is 0.0404 e. The van der Waals surface area contributed by atoms with Crippen molar-refractivity contribution in [3.63, 3.8) is 0 Å². The summed E-state index contributed by atoms with van der Waals surface area (Å²) in [7, 11) is 2.50. The quantitative estimate of drug-likeness (QED) is 0.654. The highest BCUT2D eigenvalue weighted by Crippen LogP contribution is 2.08. The number of hydrogen-bond donors (Lipinski definition) is 0. The molecule has 0 spiro atoms. The third kappa shape index (κ3) is 5.52. The lowest BCUT2D eigenvalue weighted by molar-refractivity contribution is 1.12. The molecule has 2 aromatic rings. The molecule has 0 N–H and O–H groups in total. The van der Waals surface area contributed by atoms with Crippen LogP contribution in [0, 0.1) is 41.5 Å². The molecular weight excluding hydrogens is 244 g/mol. The standard InChI is InChI=1S/2C8H11N.2CH4/c1-6-4-9-5-7(2)8(6)3;1-6-4-5-9-8(3)7(6)2;;/h2*4-5H,1-3H3;2*1H4/i;;2*1T. The number of nitrogens with zero attached hydrogens (tertiary/aromatic N) is 2. The van der Waals surface area contributed by atoms with Crippen molar-refractivity contribution in [1.29, 1.82) is 0 Å². The van der Waals surface area contributed by atoms with Crippen LogP contribution < -0.4 is 0 Å². The van der Waals surface area contributed by atoms with Crippen LogP contribution in [0.15, 0.2) is 24.7 Å². The molecule has 0 unspecified atom stereocenters. The Morgan fingerprint density at radius 1 is 0.800 bits per heavy atom. The molecule has 0 saturated heterocycles. The number of rotatable bonds is 0. The van der Waals surface area contributed by atoms with Gasteiger partial charge in [0.1, 0.15) is 0 Å². The molecule has 2 heteroatoms. The zero-order chi connectivity index (χ0) is 17.7. The molecule has 0 radical (unpaired) electrons. The first-order valence-corrected chi connectivity index (χ1v) is 6.20. The third-order valence-electron chi connectivity index (χ3n) is 3.45. The van der Waals surface area contributed by atoms with Crippen molar-refractivity contribution in [2.45, 2.75) is 56.3 Å². The Morgan fingerprint density at radius 2 is 1.30 bits per heavy atom. The van der Waals surface area contributed by atoms with Crippen molar-refractivity contribution in [3.8, 4) is 0 Å². The van der Waals surface area contributed by atoms with E-state index in [1.165, 1.54) is 42.6 Å². The Balaban J connectivity index is 0. The summed E-state index contributed by atoms with van der Waals surface area (Å²) in [5.41, 5.74) is 7.66. The SMILES string of the molecule is Cc1ccnc(C)c1C.Cc1cncc(C)c1C.[3H]C.[3H]C. The normalized spacial score (nSPS) is 9.40. The molecule has 20 heavy (non-hydrogen) atoms. The van der Waals surface area contributed by atoms with Gasteiger partial charge in [-0.2, -0.15) is 0 Å². The maximum absolute atomic E-state index is 5.75. The largest absolute Gasteiger partial charge is 0.264 e. The van der Waals surface area contributed by atoms with Gasteiger partial charge in [0, 0.05) is 27.0 Å². The molecule has 2 aromatic heterocycles. The average Bonchev–Trinajstić information content (AvgIpc) is 2.55. The molecule has 112 valence electrons. The summed E-state index contributed by atoms with van der Waals surface area (Å²) in [6, 6.07) is 2.03. The monoisotopic (exact) mass is 278 g/mol. The first kappa shape index (κ1) is 16.4. The van der Waals surface area contributed by atoms with E-state index in [2.05, 4.69) is 44.6 Å². The van der Waals surface area contributed by atoms with E-state index in [0.717, 1.165) is 5.69 Å². The Bertz CT molecular complexity index is 451. The molecule has 0 aromatic carbocycles. The van der Waals surface area contributed by atoms with Gasteiger partial charge in [0.25, 0.3) is 0 Å². The fraction of sp³-hybridized carbons (Fsp3) is 0.444. The highest BCUT2D eigenvalue weighted by Gasteiger charge is 1.94. The van der Waals surface area contributed by atoms with Gasteiger partial charge < -0.3 is 0 Å². The van der Waals surface area contributed by atoms with Crippen LogP contribution in [-0.4, -0.2) is 9.97 Å². The lowest BCUT2D eigenvalue weighted by Gasteiger charge is -1.99. The first-order chi connectivity index (χ1) is 10.4. The summed E-state index contributed by atoms with van der Waals surface area (Å²) in [6.07, 6.45) is 5.63.